The molecule has 1 saturated heterocycles. The molecule has 0 unspecified atom stereocenters. The SMILES string of the molecule is C1CNCCN1.CC(=O)O.O=[P+](O)O. The normalized spacial score (nSPS) is 13.9. The van der Waals surface area contributed by atoms with Crippen molar-refractivity contribution in [3.63, 3.8) is 0 Å². The maximum Gasteiger partial charge on any atom is 0.692 e. The van der Waals surface area contributed by atoms with E-state index in [9.17, 15) is 0 Å². The molecule has 0 atom stereocenters. The Balaban J connectivity index is 0. The van der Waals surface area contributed by atoms with Gasteiger partial charge in [-0.1, -0.05) is 0 Å². The van der Waals surface area contributed by atoms with Crippen LogP contribution in [0.1, 0.15) is 6.92 Å². The van der Waals surface area contributed by atoms with E-state index in [2.05, 4.69) is 10.6 Å². The van der Waals surface area contributed by atoms with Crippen molar-refractivity contribution in [2.75, 3.05) is 26.2 Å². The topological polar surface area (TPSA) is 119 Å². The van der Waals surface area contributed by atoms with Crippen LogP contribution in [0.2, 0.25) is 0 Å². The van der Waals surface area contributed by atoms with Crippen LogP contribution in [0, 0.1) is 0 Å². The fraction of sp³-hybridized carbons (Fsp3) is 0.833. The number of rotatable bonds is 0. The second kappa shape index (κ2) is 12.4. The lowest BCUT2D eigenvalue weighted by atomic mass is 10.4. The van der Waals surface area contributed by atoms with Gasteiger partial charge in [-0.2, -0.15) is 0 Å². The average Bonchev–Trinajstić information content (AvgIpc) is 2.05. The van der Waals surface area contributed by atoms with Crippen molar-refractivity contribution in [1.82, 2.24) is 10.6 Å². The van der Waals surface area contributed by atoms with E-state index in [0.29, 0.717) is 0 Å². The Hall–Kier alpha value is -0.590. The number of carboxylic acids is 1. The van der Waals surface area contributed by atoms with E-state index in [0.717, 1.165) is 33.1 Å². The Morgan fingerprint density at radius 1 is 1.14 bits per heavy atom. The van der Waals surface area contributed by atoms with Crippen LogP contribution in [-0.4, -0.2) is 47.0 Å². The van der Waals surface area contributed by atoms with Crippen molar-refractivity contribution in [2.45, 2.75) is 6.92 Å². The predicted molar refractivity (Wildman–Crippen MR) is 51.1 cm³/mol. The second-order valence-corrected chi connectivity index (χ2v) is 2.78. The summed E-state index contributed by atoms with van der Waals surface area (Å²) >= 11 is 0. The first kappa shape index (κ1) is 15.9. The largest absolute Gasteiger partial charge is 0.692 e. The van der Waals surface area contributed by atoms with E-state index in [1.165, 1.54) is 0 Å². The van der Waals surface area contributed by atoms with E-state index >= 15 is 0 Å². The zero-order chi connectivity index (χ0) is 11.4. The summed E-state index contributed by atoms with van der Waals surface area (Å²) in [6, 6.07) is 0. The van der Waals surface area contributed by atoms with Gasteiger partial charge in [-0.15, -0.1) is 9.79 Å². The fourth-order valence-corrected chi connectivity index (χ4v) is 0.604. The van der Waals surface area contributed by atoms with Gasteiger partial charge in [0, 0.05) is 37.7 Å². The van der Waals surface area contributed by atoms with Gasteiger partial charge in [0.25, 0.3) is 5.97 Å². The maximum absolute atomic E-state index is 9.00. The van der Waals surface area contributed by atoms with Crippen molar-refractivity contribution in [3.8, 4) is 0 Å². The molecule has 1 aliphatic rings. The second-order valence-electron chi connectivity index (χ2n) is 2.27. The number of piperazine rings is 1. The molecule has 0 spiro atoms. The van der Waals surface area contributed by atoms with E-state index in [1.54, 1.807) is 0 Å². The third-order valence-corrected chi connectivity index (χ3v) is 0.957. The van der Waals surface area contributed by atoms with Gasteiger partial charge in [0.15, 0.2) is 0 Å². The molecule has 1 fully saturated rings. The van der Waals surface area contributed by atoms with Crippen LogP contribution in [0.4, 0.5) is 0 Å². The summed E-state index contributed by atoms with van der Waals surface area (Å²) in [6.45, 7) is 5.64. The minimum atomic E-state index is -2.87. The van der Waals surface area contributed by atoms with Crippen molar-refractivity contribution < 1.29 is 24.3 Å². The molecule has 8 heteroatoms. The molecular formula is C6H16N2O5P+. The van der Waals surface area contributed by atoms with Gasteiger partial charge in [0.05, 0.1) is 0 Å². The van der Waals surface area contributed by atoms with Gasteiger partial charge in [-0.25, -0.2) is 0 Å². The Kier molecular flexibility index (Phi) is 14.1. The summed E-state index contributed by atoms with van der Waals surface area (Å²) in [5, 5.41) is 13.9. The molecule has 5 N–H and O–H groups in total. The van der Waals surface area contributed by atoms with E-state index in [4.69, 9.17) is 24.3 Å². The van der Waals surface area contributed by atoms with Gasteiger partial charge in [0.1, 0.15) is 0 Å². The summed E-state index contributed by atoms with van der Waals surface area (Å²) in [4.78, 5) is 23.2. The molecule has 1 rings (SSSR count). The lowest BCUT2D eigenvalue weighted by molar-refractivity contribution is -0.134. The van der Waals surface area contributed by atoms with Crippen LogP contribution < -0.4 is 10.6 Å². The van der Waals surface area contributed by atoms with Crippen LogP contribution in [0.25, 0.3) is 0 Å². The summed E-state index contributed by atoms with van der Waals surface area (Å²) in [7, 11) is -2.87. The van der Waals surface area contributed by atoms with Crippen molar-refractivity contribution in [1.29, 1.82) is 0 Å². The van der Waals surface area contributed by atoms with E-state index in [1.807, 2.05) is 0 Å². The number of hydrogen-bond acceptors (Lipinski definition) is 4. The number of nitrogens with one attached hydrogen (secondary N) is 2. The highest BCUT2D eigenvalue weighted by Crippen LogP contribution is 1.98. The monoisotopic (exact) mass is 227 g/mol. The molecule has 0 aromatic rings. The van der Waals surface area contributed by atoms with Crippen LogP contribution in [0.5, 0.6) is 0 Å². The minimum absolute atomic E-state index is 0.833. The Labute approximate surface area is 83.1 Å². The van der Waals surface area contributed by atoms with Crippen LogP contribution >= 0.6 is 8.25 Å². The minimum Gasteiger partial charge on any atom is -0.481 e. The summed E-state index contributed by atoms with van der Waals surface area (Å²) < 4.78 is 8.70. The van der Waals surface area contributed by atoms with Gasteiger partial charge in [-0.05, 0) is 0 Å². The quantitative estimate of drug-likeness (QED) is 0.333. The highest BCUT2D eigenvalue weighted by atomic mass is 31.1. The third kappa shape index (κ3) is 42.2. The maximum atomic E-state index is 9.00. The lowest BCUT2D eigenvalue weighted by Gasteiger charge is -2.11. The van der Waals surface area contributed by atoms with E-state index < -0.39 is 14.2 Å². The molecular weight excluding hydrogens is 211 g/mol. The summed E-state index contributed by atoms with van der Waals surface area (Å²) in [5.41, 5.74) is 0. The van der Waals surface area contributed by atoms with Gasteiger partial charge >= 0.3 is 8.25 Å². The number of carbonyl (C=O) groups is 1. The molecule has 0 aromatic heterocycles. The van der Waals surface area contributed by atoms with Gasteiger partial charge in [-0.3, -0.25) is 4.79 Å². The van der Waals surface area contributed by atoms with Gasteiger partial charge < -0.3 is 15.7 Å². The molecule has 1 aliphatic heterocycles. The van der Waals surface area contributed by atoms with Gasteiger partial charge in [0.2, 0.25) is 0 Å². The zero-order valence-corrected chi connectivity index (χ0v) is 8.83. The number of aliphatic carboxylic acids is 1. The van der Waals surface area contributed by atoms with Crippen molar-refractivity contribution in [2.24, 2.45) is 0 Å². The van der Waals surface area contributed by atoms with Crippen LogP contribution in [0.3, 0.4) is 0 Å². The number of carboxylic acid groups (broad SMARTS) is 1. The average molecular weight is 227 g/mol. The summed E-state index contributed by atoms with van der Waals surface area (Å²) in [5.74, 6) is -0.833. The molecule has 0 radical (unpaired) electrons. The van der Waals surface area contributed by atoms with Crippen molar-refractivity contribution >= 4 is 14.2 Å². The Bertz CT molecular complexity index is 131. The molecule has 0 aromatic carbocycles. The molecule has 84 valence electrons. The molecule has 7 nitrogen and oxygen atoms in total. The lowest BCUT2D eigenvalue weighted by Crippen LogP contribution is -2.39. The molecule has 0 amide bonds. The first-order valence-corrected chi connectivity index (χ1v) is 5.09. The zero-order valence-electron chi connectivity index (χ0n) is 7.93. The summed E-state index contributed by atoms with van der Waals surface area (Å²) in [6.07, 6.45) is 0. The Morgan fingerprint density at radius 3 is 1.36 bits per heavy atom. The first-order chi connectivity index (χ1) is 6.46. The third-order valence-electron chi connectivity index (χ3n) is 0.957. The number of hydrogen-bond donors (Lipinski definition) is 5. The van der Waals surface area contributed by atoms with Crippen LogP contribution in [0.15, 0.2) is 0 Å². The fourth-order valence-electron chi connectivity index (χ4n) is 0.604. The highest BCUT2D eigenvalue weighted by Gasteiger charge is 1.93. The molecule has 14 heavy (non-hydrogen) atoms. The Morgan fingerprint density at radius 2 is 1.29 bits per heavy atom. The van der Waals surface area contributed by atoms with Crippen molar-refractivity contribution in [3.05, 3.63) is 0 Å². The predicted octanol–water partition coefficient (Wildman–Crippen LogP) is -1.10. The smallest absolute Gasteiger partial charge is 0.481 e. The molecule has 1 heterocycles. The highest BCUT2D eigenvalue weighted by molar-refractivity contribution is 7.30. The first-order valence-electron chi connectivity index (χ1n) is 3.92. The molecule has 0 bridgehead atoms. The standard InChI is InChI=1S/C4H10N2.C2H4O2.HO3P/c1-2-6-4-3-5-1;1-2(3)4;1-4(2)3/h5-6H,1-4H2;1H3,(H,3,4);(H-,1,2,3)/p+1. The molecule has 0 aliphatic carbocycles. The van der Waals surface area contributed by atoms with E-state index in [-0.39, 0.29) is 0 Å². The molecule has 0 saturated carbocycles. The van der Waals surface area contributed by atoms with Crippen LogP contribution in [-0.2, 0) is 9.36 Å².